The highest BCUT2D eigenvalue weighted by Gasteiger charge is 2.32. The maximum Gasteiger partial charge on any atom is 0.327 e. The fraction of sp³-hybridized carbons (Fsp3) is 0.148. The average Bonchev–Trinajstić information content (AvgIpc) is 3.61. The van der Waals surface area contributed by atoms with E-state index >= 15 is 0 Å². The summed E-state index contributed by atoms with van der Waals surface area (Å²) in [6, 6.07) is 15.2. The summed E-state index contributed by atoms with van der Waals surface area (Å²) < 4.78 is 24.6. The molecule has 2 N–H and O–H groups in total. The Morgan fingerprint density at radius 3 is 2.53 bits per heavy atom. The van der Waals surface area contributed by atoms with Crippen molar-refractivity contribution in [3.05, 3.63) is 78.9 Å². The molecule has 0 saturated carbocycles. The van der Waals surface area contributed by atoms with Gasteiger partial charge < -0.3 is 14.1 Å². The highest BCUT2D eigenvalue weighted by Crippen LogP contribution is 2.29. The van der Waals surface area contributed by atoms with Gasteiger partial charge in [-0.25, -0.2) is 19.2 Å². The van der Waals surface area contributed by atoms with Crippen molar-refractivity contribution in [3.63, 3.8) is 0 Å². The largest absolute Gasteiger partial charge is 0.444 e. The fourth-order valence-electron chi connectivity index (χ4n) is 4.18. The van der Waals surface area contributed by atoms with Crippen molar-refractivity contribution in [2.24, 2.45) is 0 Å². The van der Waals surface area contributed by atoms with E-state index in [4.69, 9.17) is 9.15 Å². The Morgan fingerprint density at radius 2 is 1.82 bits per heavy atom. The number of pyridine rings is 1. The van der Waals surface area contributed by atoms with E-state index in [2.05, 4.69) is 15.3 Å². The molecule has 0 bridgehead atoms. The van der Waals surface area contributed by atoms with E-state index in [1.165, 1.54) is 18.4 Å². The van der Waals surface area contributed by atoms with Gasteiger partial charge in [0.1, 0.15) is 29.6 Å². The Bertz CT molecular complexity index is 1440. The molecule has 1 aliphatic heterocycles. The molecule has 5 rings (SSSR count). The molecule has 192 valence electrons. The molecule has 2 aromatic heterocycles. The molecule has 1 saturated heterocycles. The number of aromatic nitrogens is 2. The molecule has 1 aliphatic rings. The summed E-state index contributed by atoms with van der Waals surface area (Å²) >= 11 is 0. The van der Waals surface area contributed by atoms with E-state index in [-0.39, 0.29) is 12.2 Å². The van der Waals surface area contributed by atoms with E-state index in [0.717, 1.165) is 17.5 Å². The van der Waals surface area contributed by atoms with Gasteiger partial charge in [0.15, 0.2) is 0 Å². The van der Waals surface area contributed by atoms with Crippen LogP contribution in [0.15, 0.2) is 77.5 Å². The topological polar surface area (TPSA) is 127 Å². The second kappa shape index (κ2) is 10.9. The SMILES string of the molecule is O=CNC(=O)NC(=O)C1CCCN1c1ccc(Oc2ccc(-c3nc(-c4ccc(F)cc4)co3)cc2)nc1. The molecule has 2 aromatic carbocycles. The third-order valence-electron chi connectivity index (χ3n) is 6.00. The molecule has 10 nitrogen and oxygen atoms in total. The van der Waals surface area contributed by atoms with Crippen molar-refractivity contribution in [1.29, 1.82) is 0 Å². The van der Waals surface area contributed by atoms with E-state index in [0.29, 0.717) is 41.9 Å². The summed E-state index contributed by atoms with van der Waals surface area (Å²) in [6.45, 7) is 0.625. The van der Waals surface area contributed by atoms with Crippen molar-refractivity contribution < 1.29 is 27.9 Å². The highest BCUT2D eigenvalue weighted by atomic mass is 19.1. The summed E-state index contributed by atoms with van der Waals surface area (Å²) in [5.41, 5.74) is 2.81. The minimum atomic E-state index is -0.860. The second-order valence-electron chi connectivity index (χ2n) is 8.46. The van der Waals surface area contributed by atoms with E-state index < -0.39 is 18.0 Å². The number of nitrogens with one attached hydrogen (secondary N) is 2. The number of anilines is 1. The van der Waals surface area contributed by atoms with Crippen molar-refractivity contribution in [1.82, 2.24) is 20.6 Å². The van der Waals surface area contributed by atoms with Crippen LogP contribution in [0.5, 0.6) is 11.6 Å². The van der Waals surface area contributed by atoms with Crippen molar-refractivity contribution in [3.8, 4) is 34.3 Å². The number of hydrogen-bond donors (Lipinski definition) is 2. The predicted molar refractivity (Wildman–Crippen MR) is 135 cm³/mol. The lowest BCUT2D eigenvalue weighted by atomic mass is 10.2. The third kappa shape index (κ3) is 5.51. The maximum absolute atomic E-state index is 13.2. The molecule has 0 aliphatic carbocycles. The number of amides is 4. The van der Waals surface area contributed by atoms with Crippen molar-refractivity contribution >= 4 is 24.0 Å². The van der Waals surface area contributed by atoms with Gasteiger partial charge in [0.05, 0.1) is 11.9 Å². The molecule has 38 heavy (non-hydrogen) atoms. The smallest absolute Gasteiger partial charge is 0.327 e. The van der Waals surface area contributed by atoms with Crippen LogP contribution in [-0.2, 0) is 9.59 Å². The highest BCUT2D eigenvalue weighted by molar-refractivity contribution is 6.01. The number of nitrogens with zero attached hydrogens (tertiary/aromatic N) is 3. The van der Waals surface area contributed by atoms with Crippen LogP contribution in [0.2, 0.25) is 0 Å². The van der Waals surface area contributed by atoms with Crippen molar-refractivity contribution in [2.45, 2.75) is 18.9 Å². The van der Waals surface area contributed by atoms with Gasteiger partial charge in [0.2, 0.25) is 18.2 Å². The molecule has 4 aromatic rings. The Kier molecular flexibility index (Phi) is 7.07. The number of benzene rings is 2. The summed E-state index contributed by atoms with van der Waals surface area (Å²) in [4.78, 5) is 45.0. The van der Waals surface area contributed by atoms with Crippen LogP contribution in [-0.4, -0.2) is 40.9 Å². The molecular formula is C27H22FN5O5. The zero-order chi connectivity index (χ0) is 26.5. The first-order valence-electron chi connectivity index (χ1n) is 11.8. The van der Waals surface area contributed by atoms with Crippen LogP contribution in [0, 0.1) is 5.82 Å². The first-order chi connectivity index (χ1) is 18.5. The van der Waals surface area contributed by atoms with Crippen LogP contribution in [0.25, 0.3) is 22.7 Å². The monoisotopic (exact) mass is 515 g/mol. The zero-order valence-electron chi connectivity index (χ0n) is 20.0. The Morgan fingerprint density at radius 1 is 1.05 bits per heavy atom. The van der Waals surface area contributed by atoms with Crippen molar-refractivity contribution in [2.75, 3.05) is 11.4 Å². The lowest BCUT2D eigenvalue weighted by molar-refractivity contribution is -0.121. The number of halogens is 1. The molecule has 1 fully saturated rings. The standard InChI is InChI=1S/C27H22FN5O5/c28-19-7-3-17(4-8-19)22-15-37-26(31-22)18-5-10-21(11-6-18)38-24-12-9-20(14-29-24)33-13-1-2-23(33)25(35)32-27(36)30-16-34/h3-12,14-16,23H,1-2,13H2,(H2,30,32,34,35,36). The minimum absolute atomic E-state index is 0.213. The van der Waals surface area contributed by atoms with Gasteiger partial charge in [0, 0.05) is 23.7 Å². The summed E-state index contributed by atoms with van der Waals surface area (Å²) in [5, 5.41) is 4.05. The van der Waals surface area contributed by atoms with E-state index in [1.807, 2.05) is 10.2 Å². The Balaban J connectivity index is 1.21. The number of oxazole rings is 1. The number of carbonyl (C=O) groups is 3. The quantitative estimate of drug-likeness (QED) is 0.349. The van der Waals surface area contributed by atoms with Gasteiger partial charge in [-0.3, -0.25) is 20.2 Å². The van der Waals surface area contributed by atoms with Gasteiger partial charge in [-0.05, 0) is 67.4 Å². The molecule has 3 heterocycles. The first kappa shape index (κ1) is 24.6. The average molecular weight is 516 g/mol. The van der Waals surface area contributed by atoms with Crippen LogP contribution < -0.4 is 20.3 Å². The normalized spacial score (nSPS) is 14.7. The molecule has 4 amide bonds. The van der Waals surface area contributed by atoms with E-state index in [9.17, 15) is 18.8 Å². The number of carbonyl (C=O) groups excluding carboxylic acids is 3. The summed E-state index contributed by atoms with van der Waals surface area (Å²) in [7, 11) is 0. The Labute approximate surface area is 216 Å². The zero-order valence-corrected chi connectivity index (χ0v) is 20.0. The third-order valence-corrected chi connectivity index (χ3v) is 6.00. The molecule has 0 spiro atoms. The predicted octanol–water partition coefficient (Wildman–Crippen LogP) is 4.29. The van der Waals surface area contributed by atoms with Gasteiger partial charge in [-0.15, -0.1) is 0 Å². The number of urea groups is 1. The lowest BCUT2D eigenvalue weighted by Crippen LogP contribution is -2.48. The van der Waals surface area contributed by atoms with Gasteiger partial charge >= 0.3 is 6.03 Å². The fourth-order valence-corrected chi connectivity index (χ4v) is 4.18. The van der Waals surface area contributed by atoms with Crippen LogP contribution >= 0.6 is 0 Å². The van der Waals surface area contributed by atoms with Gasteiger partial charge in [0.25, 0.3) is 5.91 Å². The number of imide groups is 2. The maximum atomic E-state index is 13.2. The molecule has 11 heteroatoms. The molecule has 0 radical (unpaired) electrons. The minimum Gasteiger partial charge on any atom is -0.444 e. The van der Waals surface area contributed by atoms with Gasteiger partial charge in [-0.1, -0.05) is 0 Å². The summed E-state index contributed by atoms with van der Waals surface area (Å²) in [5.74, 6) is 0.535. The number of ether oxygens (including phenoxy) is 1. The lowest BCUT2D eigenvalue weighted by Gasteiger charge is -2.25. The van der Waals surface area contributed by atoms with Crippen LogP contribution in [0.3, 0.4) is 0 Å². The summed E-state index contributed by atoms with van der Waals surface area (Å²) in [6.07, 6.45) is 4.68. The number of rotatable bonds is 7. The van der Waals surface area contributed by atoms with Crippen LogP contribution in [0.1, 0.15) is 12.8 Å². The molecule has 1 unspecified atom stereocenters. The Hall–Kier alpha value is -5.06. The number of hydrogen-bond acceptors (Lipinski definition) is 8. The van der Waals surface area contributed by atoms with Gasteiger partial charge in [-0.2, -0.15) is 0 Å². The molecule has 1 atom stereocenters. The molecular weight excluding hydrogens is 493 g/mol. The van der Waals surface area contributed by atoms with E-state index in [1.54, 1.807) is 54.7 Å². The van der Waals surface area contributed by atoms with Crippen LogP contribution in [0.4, 0.5) is 14.9 Å². The first-order valence-corrected chi connectivity index (χ1v) is 11.8. The second-order valence-corrected chi connectivity index (χ2v) is 8.46.